The van der Waals surface area contributed by atoms with Crippen molar-refractivity contribution >= 4 is 17.2 Å². The molecule has 2 heterocycles. The van der Waals surface area contributed by atoms with Crippen LogP contribution in [0.5, 0.6) is 0 Å². The molecule has 0 aliphatic heterocycles. The van der Waals surface area contributed by atoms with E-state index in [0.717, 1.165) is 11.5 Å². The van der Waals surface area contributed by atoms with Crippen LogP contribution in [0.3, 0.4) is 0 Å². The Hall–Kier alpha value is -2.69. The van der Waals surface area contributed by atoms with Crippen molar-refractivity contribution in [3.63, 3.8) is 0 Å². The van der Waals surface area contributed by atoms with Gasteiger partial charge in [0.05, 0.1) is 0 Å². The number of aryl methyl sites for hydroxylation is 1. The van der Waals surface area contributed by atoms with E-state index in [2.05, 4.69) is 36.3 Å². The lowest BCUT2D eigenvalue weighted by atomic mass is 9.87. The van der Waals surface area contributed by atoms with Gasteiger partial charge in [-0.25, -0.2) is 0 Å². The predicted octanol–water partition coefficient (Wildman–Crippen LogP) is 3.59. The summed E-state index contributed by atoms with van der Waals surface area (Å²) in [6.07, 6.45) is 1.81. The van der Waals surface area contributed by atoms with Crippen LogP contribution in [0.25, 0.3) is 5.65 Å². The lowest BCUT2D eigenvalue weighted by molar-refractivity contribution is 0.102. The summed E-state index contributed by atoms with van der Waals surface area (Å²) < 4.78 is 1.84. The van der Waals surface area contributed by atoms with Crippen molar-refractivity contribution in [2.75, 3.05) is 5.32 Å². The van der Waals surface area contributed by atoms with Crippen molar-refractivity contribution in [1.82, 2.24) is 14.6 Å². The number of benzene rings is 1. The first-order valence-corrected chi connectivity index (χ1v) is 7.58. The van der Waals surface area contributed by atoms with Gasteiger partial charge in [-0.3, -0.25) is 9.20 Å². The first-order chi connectivity index (χ1) is 10.8. The summed E-state index contributed by atoms with van der Waals surface area (Å²) in [5.74, 6) is 0.640. The molecule has 23 heavy (non-hydrogen) atoms. The van der Waals surface area contributed by atoms with Crippen molar-refractivity contribution in [1.29, 1.82) is 0 Å². The topological polar surface area (TPSA) is 59.3 Å². The monoisotopic (exact) mass is 308 g/mol. The first kappa shape index (κ1) is 15.2. The summed E-state index contributed by atoms with van der Waals surface area (Å²) in [6, 6.07) is 11.4. The molecule has 0 bridgehead atoms. The molecule has 3 aromatic rings. The van der Waals surface area contributed by atoms with Crippen molar-refractivity contribution in [3.8, 4) is 0 Å². The zero-order valence-electron chi connectivity index (χ0n) is 13.8. The Labute approximate surface area is 135 Å². The number of rotatable bonds is 2. The van der Waals surface area contributed by atoms with Crippen LogP contribution in [0.4, 0.5) is 5.69 Å². The summed E-state index contributed by atoms with van der Waals surface area (Å²) in [6.45, 7) is 8.36. The Kier molecular flexibility index (Phi) is 3.64. The van der Waals surface area contributed by atoms with Gasteiger partial charge in [0.15, 0.2) is 5.65 Å². The Morgan fingerprint density at radius 3 is 2.43 bits per heavy atom. The number of fused-ring (bicyclic) bond motifs is 1. The van der Waals surface area contributed by atoms with Crippen molar-refractivity contribution in [2.45, 2.75) is 33.1 Å². The summed E-state index contributed by atoms with van der Waals surface area (Å²) in [4.78, 5) is 12.4. The highest BCUT2D eigenvalue weighted by Crippen LogP contribution is 2.23. The molecule has 0 spiro atoms. The van der Waals surface area contributed by atoms with Gasteiger partial charge in [-0.05, 0) is 42.2 Å². The molecule has 5 nitrogen and oxygen atoms in total. The number of hydrogen-bond acceptors (Lipinski definition) is 3. The SMILES string of the molecule is Cc1nnc2cc(C(=O)Nc3ccc(C(C)(C)C)cc3)ccn12. The maximum atomic E-state index is 12.4. The second kappa shape index (κ2) is 5.50. The zero-order chi connectivity index (χ0) is 16.6. The van der Waals surface area contributed by atoms with E-state index in [4.69, 9.17) is 0 Å². The van der Waals surface area contributed by atoms with Crippen molar-refractivity contribution < 1.29 is 4.79 Å². The third-order valence-electron chi connectivity index (χ3n) is 3.85. The van der Waals surface area contributed by atoms with Gasteiger partial charge in [0.25, 0.3) is 5.91 Å². The van der Waals surface area contributed by atoms with E-state index in [1.54, 1.807) is 12.1 Å². The maximum absolute atomic E-state index is 12.4. The Balaban J connectivity index is 1.80. The van der Waals surface area contributed by atoms with Crippen LogP contribution in [0, 0.1) is 6.92 Å². The Bertz CT molecular complexity index is 857. The first-order valence-electron chi connectivity index (χ1n) is 7.58. The third-order valence-corrected chi connectivity index (χ3v) is 3.85. The van der Waals surface area contributed by atoms with Crippen LogP contribution >= 0.6 is 0 Å². The van der Waals surface area contributed by atoms with Crippen LogP contribution < -0.4 is 5.32 Å². The number of hydrogen-bond donors (Lipinski definition) is 1. The molecule has 1 amide bonds. The predicted molar refractivity (Wildman–Crippen MR) is 90.8 cm³/mol. The average molecular weight is 308 g/mol. The highest BCUT2D eigenvalue weighted by atomic mass is 16.1. The highest BCUT2D eigenvalue weighted by molar-refractivity contribution is 6.04. The average Bonchev–Trinajstić information content (AvgIpc) is 2.88. The van der Waals surface area contributed by atoms with Crippen LogP contribution in [0.1, 0.15) is 42.5 Å². The van der Waals surface area contributed by atoms with Gasteiger partial charge >= 0.3 is 0 Å². The number of carbonyl (C=O) groups excluding carboxylic acids is 1. The summed E-state index contributed by atoms with van der Waals surface area (Å²) >= 11 is 0. The summed E-state index contributed by atoms with van der Waals surface area (Å²) in [7, 11) is 0. The van der Waals surface area contributed by atoms with E-state index in [-0.39, 0.29) is 11.3 Å². The maximum Gasteiger partial charge on any atom is 0.255 e. The van der Waals surface area contributed by atoms with Crippen LogP contribution in [-0.2, 0) is 5.41 Å². The fourth-order valence-electron chi connectivity index (χ4n) is 2.41. The molecule has 0 aliphatic carbocycles. The minimum Gasteiger partial charge on any atom is -0.322 e. The Morgan fingerprint density at radius 2 is 1.78 bits per heavy atom. The molecular formula is C18H20N4O. The largest absolute Gasteiger partial charge is 0.322 e. The molecule has 0 radical (unpaired) electrons. The molecule has 0 fully saturated rings. The molecule has 2 aromatic heterocycles. The van der Waals surface area contributed by atoms with Crippen molar-refractivity contribution in [3.05, 3.63) is 59.5 Å². The molecule has 0 aliphatic rings. The fourth-order valence-corrected chi connectivity index (χ4v) is 2.41. The van der Waals surface area contributed by atoms with E-state index >= 15 is 0 Å². The van der Waals surface area contributed by atoms with Gasteiger partial charge in [-0.1, -0.05) is 32.9 Å². The lowest BCUT2D eigenvalue weighted by Crippen LogP contribution is -2.14. The lowest BCUT2D eigenvalue weighted by Gasteiger charge is -2.19. The van der Waals surface area contributed by atoms with Gasteiger partial charge in [0.2, 0.25) is 0 Å². The number of anilines is 1. The van der Waals surface area contributed by atoms with Gasteiger partial charge < -0.3 is 5.32 Å². The minimum atomic E-state index is -0.156. The van der Waals surface area contributed by atoms with E-state index < -0.39 is 0 Å². The van der Waals surface area contributed by atoms with E-state index in [1.807, 2.05) is 41.8 Å². The molecule has 0 atom stereocenters. The molecular weight excluding hydrogens is 288 g/mol. The molecule has 1 aromatic carbocycles. The van der Waals surface area contributed by atoms with Crippen LogP contribution in [0.2, 0.25) is 0 Å². The van der Waals surface area contributed by atoms with E-state index in [0.29, 0.717) is 11.2 Å². The van der Waals surface area contributed by atoms with Crippen LogP contribution in [-0.4, -0.2) is 20.5 Å². The van der Waals surface area contributed by atoms with Crippen molar-refractivity contribution in [2.24, 2.45) is 0 Å². The van der Waals surface area contributed by atoms with Gasteiger partial charge in [0.1, 0.15) is 5.82 Å². The molecule has 1 N–H and O–H groups in total. The number of carbonyl (C=O) groups is 1. The second-order valence-corrected chi connectivity index (χ2v) is 6.67. The van der Waals surface area contributed by atoms with Gasteiger partial charge in [-0.15, -0.1) is 10.2 Å². The number of pyridine rings is 1. The third kappa shape index (κ3) is 3.08. The minimum absolute atomic E-state index is 0.0963. The molecule has 118 valence electrons. The molecule has 5 heteroatoms. The second-order valence-electron chi connectivity index (χ2n) is 6.67. The quantitative estimate of drug-likeness (QED) is 0.787. The summed E-state index contributed by atoms with van der Waals surface area (Å²) in [5.41, 5.74) is 3.33. The standard InChI is InChI=1S/C18H20N4O/c1-12-20-21-16-11-13(9-10-22(12)16)17(23)19-15-7-5-14(6-8-15)18(2,3)4/h5-11H,1-4H3,(H,19,23). The number of amides is 1. The van der Waals surface area contributed by atoms with E-state index in [9.17, 15) is 4.79 Å². The molecule has 0 saturated carbocycles. The van der Waals surface area contributed by atoms with Crippen LogP contribution in [0.15, 0.2) is 42.6 Å². The summed E-state index contributed by atoms with van der Waals surface area (Å²) in [5, 5.41) is 10.9. The normalized spacial score (nSPS) is 11.7. The molecule has 0 saturated heterocycles. The Morgan fingerprint density at radius 1 is 1.09 bits per heavy atom. The zero-order valence-corrected chi connectivity index (χ0v) is 13.8. The molecule has 3 rings (SSSR count). The van der Waals surface area contributed by atoms with Gasteiger partial charge in [-0.2, -0.15) is 0 Å². The number of nitrogens with one attached hydrogen (secondary N) is 1. The highest BCUT2D eigenvalue weighted by Gasteiger charge is 2.14. The number of nitrogens with zero attached hydrogens (tertiary/aromatic N) is 3. The smallest absolute Gasteiger partial charge is 0.255 e. The van der Waals surface area contributed by atoms with Gasteiger partial charge in [0, 0.05) is 17.4 Å². The van der Waals surface area contributed by atoms with E-state index in [1.165, 1.54) is 5.56 Å². The fraction of sp³-hybridized carbons (Fsp3) is 0.278. The number of aromatic nitrogens is 3. The molecule has 0 unspecified atom stereocenters.